The number of rotatable bonds is 3. The van der Waals surface area contributed by atoms with Gasteiger partial charge in [-0.05, 0) is 23.8 Å². The fourth-order valence-corrected chi connectivity index (χ4v) is 2.19. The Morgan fingerprint density at radius 3 is 2.47 bits per heavy atom. The number of benzene rings is 1. The number of halogens is 2. The lowest BCUT2D eigenvalue weighted by molar-refractivity contribution is 0.175. The topological polar surface area (TPSA) is 38.0 Å². The van der Waals surface area contributed by atoms with Crippen LogP contribution in [0.5, 0.6) is 0 Å². The van der Waals surface area contributed by atoms with E-state index in [1.54, 1.807) is 24.4 Å². The van der Waals surface area contributed by atoms with Crippen LogP contribution in [0.1, 0.15) is 17.5 Å². The summed E-state index contributed by atoms with van der Waals surface area (Å²) in [6.07, 6.45) is 3.31. The van der Waals surface area contributed by atoms with Gasteiger partial charge in [0.25, 0.3) is 0 Å². The highest BCUT2D eigenvalue weighted by molar-refractivity contribution is 6.34. The number of aliphatic hydroxyl groups excluding tert-OH is 1. The van der Waals surface area contributed by atoms with Gasteiger partial charge in [-0.25, -0.2) is 4.98 Å². The van der Waals surface area contributed by atoms with Crippen LogP contribution in [0.15, 0.2) is 30.6 Å². The largest absolute Gasteiger partial charge is 0.388 e. The Bertz CT molecular complexity index is 505. The van der Waals surface area contributed by atoms with Gasteiger partial charge in [-0.3, -0.25) is 0 Å². The van der Waals surface area contributed by atoms with E-state index in [4.69, 9.17) is 23.2 Å². The molecule has 0 amide bonds. The smallest absolute Gasteiger partial charge is 0.111 e. The van der Waals surface area contributed by atoms with Gasteiger partial charge in [0.15, 0.2) is 0 Å². The molecule has 0 aliphatic rings. The van der Waals surface area contributed by atoms with Crippen molar-refractivity contribution < 1.29 is 5.11 Å². The molecule has 1 unspecified atom stereocenters. The predicted octanol–water partition coefficient (Wildman–Crippen LogP) is 3.00. The summed E-state index contributed by atoms with van der Waals surface area (Å²) in [5.74, 6) is 0.814. The van der Waals surface area contributed by atoms with Crippen molar-refractivity contribution in [2.45, 2.75) is 12.5 Å². The fraction of sp³-hybridized carbons (Fsp3) is 0.250. The maximum absolute atomic E-state index is 10.1. The first-order valence-corrected chi connectivity index (χ1v) is 5.92. The molecule has 2 aromatic rings. The zero-order valence-corrected chi connectivity index (χ0v) is 10.8. The molecule has 1 heterocycles. The standard InChI is InChI=1S/C12H12Cl2N2O/c1-16-3-2-15-12(16)7-11(17)8-4-9(13)6-10(14)5-8/h2-6,11,17H,7H2,1H3. The first-order valence-electron chi connectivity index (χ1n) is 5.16. The predicted molar refractivity (Wildman–Crippen MR) is 68.3 cm³/mol. The lowest BCUT2D eigenvalue weighted by atomic mass is 10.1. The second kappa shape index (κ2) is 5.08. The Hall–Kier alpha value is -1.03. The first kappa shape index (κ1) is 12.4. The molecule has 1 aromatic carbocycles. The van der Waals surface area contributed by atoms with Crippen LogP contribution in [0.2, 0.25) is 10.0 Å². The van der Waals surface area contributed by atoms with E-state index in [9.17, 15) is 5.11 Å². The normalized spacial score (nSPS) is 12.7. The van der Waals surface area contributed by atoms with Crippen LogP contribution in [0.4, 0.5) is 0 Å². The van der Waals surface area contributed by atoms with Crippen molar-refractivity contribution in [3.63, 3.8) is 0 Å². The van der Waals surface area contributed by atoms with E-state index >= 15 is 0 Å². The van der Waals surface area contributed by atoms with Crippen LogP contribution in [0.25, 0.3) is 0 Å². The van der Waals surface area contributed by atoms with Gasteiger partial charge >= 0.3 is 0 Å². The molecule has 0 radical (unpaired) electrons. The summed E-state index contributed by atoms with van der Waals surface area (Å²) in [6.45, 7) is 0. The molecule has 0 fully saturated rings. The molecule has 2 rings (SSSR count). The Labute approximate surface area is 110 Å². The SMILES string of the molecule is Cn1ccnc1CC(O)c1cc(Cl)cc(Cl)c1. The van der Waals surface area contributed by atoms with E-state index in [0.717, 1.165) is 5.82 Å². The molecule has 0 spiro atoms. The highest BCUT2D eigenvalue weighted by atomic mass is 35.5. The number of hydrogen-bond donors (Lipinski definition) is 1. The number of nitrogens with zero attached hydrogens (tertiary/aromatic N) is 2. The average Bonchev–Trinajstić information content (AvgIpc) is 2.63. The number of hydrogen-bond acceptors (Lipinski definition) is 2. The molecule has 1 N–H and O–H groups in total. The van der Waals surface area contributed by atoms with Gasteiger partial charge in [0.05, 0.1) is 6.10 Å². The minimum absolute atomic E-state index is 0.431. The third-order valence-electron chi connectivity index (χ3n) is 2.57. The van der Waals surface area contributed by atoms with Gasteiger partial charge in [0, 0.05) is 35.9 Å². The van der Waals surface area contributed by atoms with Crippen molar-refractivity contribution in [3.8, 4) is 0 Å². The van der Waals surface area contributed by atoms with Crippen molar-refractivity contribution in [2.75, 3.05) is 0 Å². The second-order valence-corrected chi connectivity index (χ2v) is 4.75. The molecule has 1 aromatic heterocycles. The van der Waals surface area contributed by atoms with Crippen molar-refractivity contribution in [1.82, 2.24) is 9.55 Å². The minimum Gasteiger partial charge on any atom is -0.388 e. The van der Waals surface area contributed by atoms with Gasteiger partial charge in [-0.1, -0.05) is 23.2 Å². The van der Waals surface area contributed by atoms with Crippen molar-refractivity contribution in [3.05, 3.63) is 52.0 Å². The van der Waals surface area contributed by atoms with E-state index in [1.807, 2.05) is 17.8 Å². The number of imidazole rings is 1. The fourth-order valence-electron chi connectivity index (χ4n) is 1.65. The van der Waals surface area contributed by atoms with Crippen molar-refractivity contribution >= 4 is 23.2 Å². The van der Waals surface area contributed by atoms with Crippen molar-refractivity contribution in [1.29, 1.82) is 0 Å². The van der Waals surface area contributed by atoms with E-state index in [0.29, 0.717) is 22.0 Å². The van der Waals surface area contributed by atoms with Gasteiger partial charge in [-0.2, -0.15) is 0 Å². The molecule has 5 heteroatoms. The van der Waals surface area contributed by atoms with E-state index in [-0.39, 0.29) is 0 Å². The summed E-state index contributed by atoms with van der Waals surface area (Å²) in [5, 5.41) is 11.1. The molecule has 0 bridgehead atoms. The molecule has 17 heavy (non-hydrogen) atoms. The summed E-state index contributed by atoms with van der Waals surface area (Å²) < 4.78 is 1.87. The molecule has 0 saturated carbocycles. The summed E-state index contributed by atoms with van der Waals surface area (Å²) >= 11 is 11.8. The summed E-state index contributed by atoms with van der Waals surface area (Å²) in [6, 6.07) is 5.06. The van der Waals surface area contributed by atoms with E-state index in [2.05, 4.69) is 4.98 Å². The minimum atomic E-state index is -0.660. The maximum atomic E-state index is 10.1. The Morgan fingerprint density at radius 1 is 1.29 bits per heavy atom. The quantitative estimate of drug-likeness (QED) is 0.931. The molecule has 3 nitrogen and oxygen atoms in total. The van der Waals surface area contributed by atoms with Gasteiger partial charge in [0.1, 0.15) is 5.82 Å². The summed E-state index contributed by atoms with van der Waals surface area (Å²) in [5.41, 5.74) is 0.700. The van der Waals surface area contributed by atoms with Crippen molar-refractivity contribution in [2.24, 2.45) is 7.05 Å². The first-order chi connectivity index (χ1) is 8.06. The highest BCUT2D eigenvalue weighted by Crippen LogP contribution is 2.25. The van der Waals surface area contributed by atoms with Gasteiger partial charge in [-0.15, -0.1) is 0 Å². The lowest BCUT2D eigenvalue weighted by Crippen LogP contribution is -2.06. The molecule has 0 aliphatic heterocycles. The molecule has 90 valence electrons. The summed E-state index contributed by atoms with van der Waals surface area (Å²) in [7, 11) is 1.89. The highest BCUT2D eigenvalue weighted by Gasteiger charge is 2.12. The van der Waals surface area contributed by atoms with Crippen LogP contribution < -0.4 is 0 Å². The molecular formula is C12H12Cl2N2O. The van der Waals surface area contributed by atoms with Crippen LogP contribution in [0, 0.1) is 0 Å². The van der Waals surface area contributed by atoms with Gasteiger partial charge in [0.2, 0.25) is 0 Å². The number of aliphatic hydroxyl groups is 1. The Morgan fingerprint density at radius 2 is 1.94 bits per heavy atom. The van der Waals surface area contributed by atoms with Crippen LogP contribution >= 0.6 is 23.2 Å². The molecule has 0 saturated heterocycles. The Kier molecular flexibility index (Phi) is 3.72. The molecule has 0 aliphatic carbocycles. The van der Waals surface area contributed by atoms with Crippen LogP contribution in [0.3, 0.4) is 0 Å². The lowest BCUT2D eigenvalue weighted by Gasteiger charge is -2.11. The molecular weight excluding hydrogens is 259 g/mol. The second-order valence-electron chi connectivity index (χ2n) is 3.88. The zero-order chi connectivity index (χ0) is 12.4. The maximum Gasteiger partial charge on any atom is 0.111 e. The number of aromatic nitrogens is 2. The zero-order valence-electron chi connectivity index (χ0n) is 9.27. The third-order valence-corrected chi connectivity index (χ3v) is 3.00. The monoisotopic (exact) mass is 270 g/mol. The number of aryl methyl sites for hydroxylation is 1. The average molecular weight is 271 g/mol. The van der Waals surface area contributed by atoms with E-state index < -0.39 is 6.10 Å². The van der Waals surface area contributed by atoms with Crippen LogP contribution in [-0.4, -0.2) is 14.7 Å². The van der Waals surface area contributed by atoms with Gasteiger partial charge < -0.3 is 9.67 Å². The van der Waals surface area contributed by atoms with Crippen LogP contribution in [-0.2, 0) is 13.5 Å². The Balaban J connectivity index is 2.20. The summed E-state index contributed by atoms with van der Waals surface area (Å²) in [4.78, 5) is 4.16. The molecule has 1 atom stereocenters. The third kappa shape index (κ3) is 3.00. The van der Waals surface area contributed by atoms with E-state index in [1.165, 1.54) is 0 Å².